The fourth-order valence-electron chi connectivity index (χ4n) is 3.20. The van der Waals surface area contributed by atoms with Crippen molar-refractivity contribution in [2.45, 2.75) is 25.4 Å². The molecular formula is C18H24N4O4. The molecule has 1 unspecified atom stereocenters. The van der Waals surface area contributed by atoms with E-state index < -0.39 is 0 Å². The summed E-state index contributed by atoms with van der Waals surface area (Å²) >= 11 is 0. The first-order valence-electron chi connectivity index (χ1n) is 8.57. The molecule has 140 valence electrons. The molecule has 26 heavy (non-hydrogen) atoms. The quantitative estimate of drug-likeness (QED) is 0.767. The van der Waals surface area contributed by atoms with Crippen molar-refractivity contribution >= 4 is 5.82 Å². The molecule has 0 N–H and O–H groups in total. The van der Waals surface area contributed by atoms with Crippen LogP contribution in [-0.4, -0.2) is 55.3 Å². The van der Waals surface area contributed by atoms with E-state index in [2.05, 4.69) is 19.8 Å². The largest absolute Gasteiger partial charge is 0.490 e. The van der Waals surface area contributed by atoms with Crippen molar-refractivity contribution in [1.29, 1.82) is 0 Å². The van der Waals surface area contributed by atoms with Crippen molar-refractivity contribution in [3.8, 4) is 11.6 Å². The molecule has 1 atom stereocenters. The molecule has 2 aromatic heterocycles. The van der Waals surface area contributed by atoms with Gasteiger partial charge in [0.25, 0.3) is 0 Å². The van der Waals surface area contributed by atoms with Gasteiger partial charge in [0.05, 0.1) is 20.8 Å². The third-order valence-electron chi connectivity index (χ3n) is 4.68. The zero-order valence-corrected chi connectivity index (χ0v) is 15.3. The van der Waals surface area contributed by atoms with E-state index in [1.165, 1.54) is 25.8 Å². The molecule has 3 heterocycles. The Labute approximate surface area is 152 Å². The maximum Gasteiger partial charge on any atom is 0.227 e. The van der Waals surface area contributed by atoms with Gasteiger partial charge in [-0.1, -0.05) is 0 Å². The van der Waals surface area contributed by atoms with Crippen LogP contribution in [0.1, 0.15) is 18.6 Å². The van der Waals surface area contributed by atoms with Gasteiger partial charge < -0.3 is 18.8 Å². The molecule has 2 aromatic rings. The van der Waals surface area contributed by atoms with Crippen molar-refractivity contribution < 1.29 is 13.9 Å². The number of likely N-dealkylation sites (tertiary alicyclic amines) is 1. The minimum atomic E-state index is -0.160. The molecule has 1 saturated heterocycles. The van der Waals surface area contributed by atoms with Gasteiger partial charge in [-0.3, -0.25) is 9.69 Å². The third-order valence-corrected chi connectivity index (χ3v) is 4.68. The van der Waals surface area contributed by atoms with E-state index >= 15 is 0 Å². The lowest BCUT2D eigenvalue weighted by Crippen LogP contribution is -2.46. The number of rotatable bonds is 6. The second kappa shape index (κ2) is 8.18. The zero-order chi connectivity index (χ0) is 18.5. The second-order valence-corrected chi connectivity index (χ2v) is 6.34. The highest BCUT2D eigenvalue weighted by molar-refractivity contribution is 5.41. The number of piperidine rings is 1. The molecule has 8 nitrogen and oxygen atoms in total. The zero-order valence-electron chi connectivity index (χ0n) is 15.3. The summed E-state index contributed by atoms with van der Waals surface area (Å²) in [6, 6.07) is 3.65. The molecule has 0 amide bonds. The summed E-state index contributed by atoms with van der Waals surface area (Å²) in [5.41, 5.74) is -0.160. The average molecular weight is 360 g/mol. The molecule has 1 aliphatic heterocycles. The smallest absolute Gasteiger partial charge is 0.227 e. The van der Waals surface area contributed by atoms with Gasteiger partial charge in [-0.05, 0) is 19.4 Å². The first kappa shape index (κ1) is 18.2. The Kier molecular flexibility index (Phi) is 5.72. The SMILES string of the molecule is COc1cc(N(C)C2CCCN(Cc3cc(=O)c(OC)co3)C2)ncn1. The van der Waals surface area contributed by atoms with E-state index in [-0.39, 0.29) is 11.2 Å². The molecule has 0 aliphatic carbocycles. The lowest BCUT2D eigenvalue weighted by atomic mass is 10.0. The van der Waals surface area contributed by atoms with Gasteiger partial charge in [-0.25, -0.2) is 9.97 Å². The number of likely N-dealkylation sites (N-methyl/N-ethyl adjacent to an activating group) is 1. The van der Waals surface area contributed by atoms with Crippen LogP contribution in [0.3, 0.4) is 0 Å². The number of aromatic nitrogens is 2. The highest BCUT2D eigenvalue weighted by Crippen LogP contribution is 2.22. The number of hydrogen-bond acceptors (Lipinski definition) is 8. The van der Waals surface area contributed by atoms with Crippen LogP contribution < -0.4 is 19.8 Å². The standard InChI is InChI=1S/C18H24N4O4/c1-21(17-8-18(25-3)20-12-19-17)13-5-4-6-22(9-13)10-14-7-15(23)16(24-2)11-26-14/h7-8,11-13H,4-6,9-10H2,1-3H3. The van der Waals surface area contributed by atoms with Crippen LogP contribution in [0.5, 0.6) is 11.6 Å². The predicted molar refractivity (Wildman–Crippen MR) is 96.8 cm³/mol. The maximum atomic E-state index is 11.9. The van der Waals surface area contributed by atoms with Crippen LogP contribution in [0.4, 0.5) is 5.82 Å². The highest BCUT2D eigenvalue weighted by Gasteiger charge is 2.25. The van der Waals surface area contributed by atoms with E-state index in [9.17, 15) is 4.79 Å². The van der Waals surface area contributed by atoms with Crippen LogP contribution in [-0.2, 0) is 6.54 Å². The predicted octanol–water partition coefficient (Wildman–Crippen LogP) is 1.55. The van der Waals surface area contributed by atoms with Crippen molar-refractivity contribution in [3.05, 3.63) is 40.7 Å². The summed E-state index contributed by atoms with van der Waals surface area (Å²) in [4.78, 5) is 24.7. The van der Waals surface area contributed by atoms with Crippen molar-refractivity contribution in [2.24, 2.45) is 0 Å². The topological polar surface area (TPSA) is 80.9 Å². The molecule has 0 bridgehead atoms. The Morgan fingerprint density at radius 3 is 2.88 bits per heavy atom. The summed E-state index contributed by atoms with van der Waals surface area (Å²) in [5.74, 6) is 2.25. The Morgan fingerprint density at radius 2 is 2.15 bits per heavy atom. The summed E-state index contributed by atoms with van der Waals surface area (Å²) in [5, 5.41) is 0. The lowest BCUT2D eigenvalue weighted by Gasteiger charge is -2.37. The number of hydrogen-bond donors (Lipinski definition) is 0. The van der Waals surface area contributed by atoms with Crippen molar-refractivity contribution in [1.82, 2.24) is 14.9 Å². The Hall–Kier alpha value is -2.61. The summed E-state index contributed by atoms with van der Waals surface area (Å²) in [6.07, 6.45) is 5.03. The average Bonchev–Trinajstić information content (AvgIpc) is 2.68. The molecule has 3 rings (SSSR count). The normalized spacial score (nSPS) is 17.7. The number of nitrogens with zero attached hydrogens (tertiary/aromatic N) is 4. The van der Waals surface area contributed by atoms with Gasteiger partial charge in [0.2, 0.25) is 17.1 Å². The van der Waals surface area contributed by atoms with Crippen molar-refractivity contribution in [3.63, 3.8) is 0 Å². The molecule has 1 aliphatic rings. The fourth-order valence-corrected chi connectivity index (χ4v) is 3.20. The minimum Gasteiger partial charge on any atom is -0.490 e. The van der Waals surface area contributed by atoms with Gasteiger partial charge in [0.1, 0.15) is 24.2 Å². The van der Waals surface area contributed by atoms with E-state index in [1.807, 2.05) is 13.1 Å². The van der Waals surface area contributed by atoms with E-state index in [0.29, 0.717) is 24.2 Å². The molecule has 0 aromatic carbocycles. The molecule has 0 spiro atoms. The summed E-state index contributed by atoms with van der Waals surface area (Å²) < 4.78 is 15.7. The highest BCUT2D eigenvalue weighted by atomic mass is 16.5. The van der Waals surface area contributed by atoms with Gasteiger partial charge in [-0.2, -0.15) is 0 Å². The van der Waals surface area contributed by atoms with Gasteiger partial charge in [0.15, 0.2) is 0 Å². The number of methoxy groups -OCH3 is 2. The van der Waals surface area contributed by atoms with Gasteiger partial charge >= 0.3 is 0 Å². The Balaban J connectivity index is 1.66. The molecule has 0 saturated carbocycles. The maximum absolute atomic E-state index is 11.9. The molecule has 8 heteroatoms. The fraction of sp³-hybridized carbons (Fsp3) is 0.500. The van der Waals surface area contributed by atoms with Crippen molar-refractivity contribution in [2.75, 3.05) is 39.3 Å². The Bertz CT molecular complexity index is 795. The molecule has 0 radical (unpaired) electrons. The second-order valence-electron chi connectivity index (χ2n) is 6.34. The lowest BCUT2D eigenvalue weighted by molar-refractivity contribution is 0.183. The van der Waals surface area contributed by atoms with Crippen LogP contribution in [0.15, 0.2) is 33.9 Å². The van der Waals surface area contributed by atoms with Crippen LogP contribution in [0.2, 0.25) is 0 Å². The summed E-state index contributed by atoms with van der Waals surface area (Å²) in [6.45, 7) is 2.42. The number of anilines is 1. The molecule has 1 fully saturated rings. The van der Waals surface area contributed by atoms with Gasteiger partial charge in [-0.15, -0.1) is 0 Å². The first-order chi connectivity index (χ1) is 12.6. The van der Waals surface area contributed by atoms with Crippen LogP contribution >= 0.6 is 0 Å². The summed E-state index contributed by atoms with van der Waals surface area (Å²) in [7, 11) is 5.08. The van der Waals surface area contributed by atoms with Crippen LogP contribution in [0, 0.1) is 0 Å². The van der Waals surface area contributed by atoms with E-state index in [1.54, 1.807) is 7.11 Å². The minimum absolute atomic E-state index is 0.160. The Morgan fingerprint density at radius 1 is 1.31 bits per heavy atom. The molecular weight excluding hydrogens is 336 g/mol. The monoisotopic (exact) mass is 360 g/mol. The van der Waals surface area contributed by atoms with E-state index in [0.717, 1.165) is 31.7 Å². The first-order valence-corrected chi connectivity index (χ1v) is 8.57. The van der Waals surface area contributed by atoms with Crippen LogP contribution in [0.25, 0.3) is 0 Å². The third kappa shape index (κ3) is 4.13. The van der Waals surface area contributed by atoms with E-state index in [4.69, 9.17) is 13.9 Å². The van der Waals surface area contributed by atoms with Gasteiger partial charge in [0, 0.05) is 31.8 Å². The number of ether oxygens (including phenoxy) is 2.